The standard InChI is InChI=1S/C12H12ClNS/c1-14-11-4-5-15-7-10(11)9-3-2-8(13)6-12(9)14/h2-3,6H,4-5,7H2,1H3. The lowest BCUT2D eigenvalue weighted by molar-refractivity contribution is 0.853. The molecule has 0 unspecified atom stereocenters. The van der Waals surface area contributed by atoms with Crippen LogP contribution in [0.4, 0.5) is 0 Å². The van der Waals surface area contributed by atoms with Gasteiger partial charge in [-0.05, 0) is 29.9 Å². The highest BCUT2D eigenvalue weighted by molar-refractivity contribution is 7.98. The molecule has 3 heteroatoms. The van der Waals surface area contributed by atoms with Gasteiger partial charge in [-0.25, -0.2) is 0 Å². The summed E-state index contributed by atoms with van der Waals surface area (Å²) < 4.78 is 2.30. The first-order chi connectivity index (χ1) is 7.27. The molecule has 2 aromatic rings. The number of aromatic nitrogens is 1. The van der Waals surface area contributed by atoms with Gasteiger partial charge in [-0.3, -0.25) is 0 Å². The van der Waals surface area contributed by atoms with Crippen LogP contribution in [0.2, 0.25) is 5.02 Å². The molecule has 78 valence electrons. The van der Waals surface area contributed by atoms with Crippen LogP contribution in [0.25, 0.3) is 10.9 Å². The smallest absolute Gasteiger partial charge is 0.0498 e. The Morgan fingerprint density at radius 1 is 1.40 bits per heavy atom. The normalized spacial score (nSPS) is 15.6. The molecule has 0 aliphatic carbocycles. The van der Waals surface area contributed by atoms with Crippen LogP contribution in [-0.4, -0.2) is 10.3 Å². The molecule has 3 rings (SSSR count). The van der Waals surface area contributed by atoms with E-state index in [2.05, 4.69) is 23.7 Å². The van der Waals surface area contributed by atoms with E-state index in [1.54, 1.807) is 0 Å². The summed E-state index contributed by atoms with van der Waals surface area (Å²) in [5.41, 5.74) is 4.28. The minimum absolute atomic E-state index is 0.827. The van der Waals surface area contributed by atoms with Crippen LogP contribution in [0, 0.1) is 0 Å². The lowest BCUT2D eigenvalue weighted by atomic mass is 10.1. The number of nitrogens with zero attached hydrogens (tertiary/aromatic N) is 1. The van der Waals surface area contributed by atoms with E-state index < -0.39 is 0 Å². The van der Waals surface area contributed by atoms with Crippen LogP contribution in [0.15, 0.2) is 18.2 Å². The maximum atomic E-state index is 6.04. The lowest BCUT2D eigenvalue weighted by Crippen LogP contribution is -2.05. The van der Waals surface area contributed by atoms with Crippen LogP contribution < -0.4 is 0 Å². The van der Waals surface area contributed by atoms with E-state index in [1.807, 2.05) is 17.8 Å². The molecule has 0 fully saturated rings. The van der Waals surface area contributed by atoms with Crippen LogP contribution in [-0.2, 0) is 19.2 Å². The summed E-state index contributed by atoms with van der Waals surface area (Å²) >= 11 is 8.06. The van der Waals surface area contributed by atoms with Gasteiger partial charge in [0.1, 0.15) is 0 Å². The second-order valence-corrected chi connectivity index (χ2v) is 5.49. The highest BCUT2D eigenvalue weighted by Crippen LogP contribution is 2.34. The van der Waals surface area contributed by atoms with E-state index in [-0.39, 0.29) is 0 Å². The first-order valence-corrected chi connectivity index (χ1v) is 6.64. The highest BCUT2D eigenvalue weighted by Gasteiger charge is 2.18. The van der Waals surface area contributed by atoms with Crippen molar-refractivity contribution in [2.45, 2.75) is 12.2 Å². The summed E-state index contributed by atoms with van der Waals surface area (Å²) in [7, 11) is 2.15. The largest absolute Gasteiger partial charge is 0.347 e. The number of rotatable bonds is 0. The molecule has 0 N–H and O–H groups in total. The van der Waals surface area contributed by atoms with Gasteiger partial charge in [0, 0.05) is 34.4 Å². The van der Waals surface area contributed by atoms with Crippen molar-refractivity contribution in [3.05, 3.63) is 34.5 Å². The van der Waals surface area contributed by atoms with Crippen molar-refractivity contribution in [3.8, 4) is 0 Å². The van der Waals surface area contributed by atoms with E-state index in [0.29, 0.717) is 0 Å². The average Bonchev–Trinajstić information content (AvgIpc) is 2.54. The molecule has 0 atom stereocenters. The number of hydrogen-bond acceptors (Lipinski definition) is 1. The Bertz CT molecular complexity index is 530. The first kappa shape index (κ1) is 9.61. The Labute approximate surface area is 98.4 Å². The number of fused-ring (bicyclic) bond motifs is 3. The van der Waals surface area contributed by atoms with Gasteiger partial charge in [-0.2, -0.15) is 11.8 Å². The van der Waals surface area contributed by atoms with Crippen LogP contribution in [0.1, 0.15) is 11.3 Å². The fourth-order valence-electron chi connectivity index (χ4n) is 2.36. The average molecular weight is 238 g/mol. The van der Waals surface area contributed by atoms with Crippen LogP contribution in [0.5, 0.6) is 0 Å². The molecule has 0 spiro atoms. The van der Waals surface area contributed by atoms with E-state index >= 15 is 0 Å². The van der Waals surface area contributed by atoms with Gasteiger partial charge in [0.25, 0.3) is 0 Å². The molecule has 2 heterocycles. The van der Waals surface area contributed by atoms with Gasteiger partial charge < -0.3 is 4.57 Å². The third-order valence-corrected chi connectivity index (χ3v) is 4.35. The molecule has 15 heavy (non-hydrogen) atoms. The van der Waals surface area contributed by atoms with Gasteiger partial charge in [-0.1, -0.05) is 17.7 Å². The van der Waals surface area contributed by atoms with E-state index in [0.717, 1.165) is 10.8 Å². The van der Waals surface area contributed by atoms with Crippen molar-refractivity contribution in [2.75, 3.05) is 5.75 Å². The number of thioether (sulfide) groups is 1. The van der Waals surface area contributed by atoms with Crippen molar-refractivity contribution in [1.29, 1.82) is 0 Å². The predicted octanol–water partition coefficient (Wildman–Crippen LogP) is 3.62. The summed E-state index contributed by atoms with van der Waals surface area (Å²) in [4.78, 5) is 0. The van der Waals surface area contributed by atoms with Gasteiger partial charge in [0.15, 0.2) is 0 Å². The zero-order chi connectivity index (χ0) is 10.4. The fraction of sp³-hybridized carbons (Fsp3) is 0.333. The van der Waals surface area contributed by atoms with Crippen molar-refractivity contribution in [3.63, 3.8) is 0 Å². The van der Waals surface area contributed by atoms with Crippen molar-refractivity contribution < 1.29 is 0 Å². The second-order valence-electron chi connectivity index (χ2n) is 3.95. The Morgan fingerprint density at radius 3 is 3.13 bits per heavy atom. The molecule has 0 bridgehead atoms. The summed E-state index contributed by atoms with van der Waals surface area (Å²) in [6.07, 6.45) is 1.18. The quantitative estimate of drug-likeness (QED) is 0.678. The summed E-state index contributed by atoms with van der Waals surface area (Å²) in [6.45, 7) is 0. The Kier molecular flexibility index (Phi) is 2.22. The summed E-state index contributed by atoms with van der Waals surface area (Å²) in [5, 5.41) is 2.21. The van der Waals surface area contributed by atoms with Crippen molar-refractivity contribution in [1.82, 2.24) is 4.57 Å². The maximum absolute atomic E-state index is 6.04. The maximum Gasteiger partial charge on any atom is 0.0498 e. The number of aryl methyl sites for hydroxylation is 1. The van der Waals surface area contributed by atoms with Gasteiger partial charge in [0.2, 0.25) is 0 Å². The van der Waals surface area contributed by atoms with Gasteiger partial charge in [0.05, 0.1) is 0 Å². The minimum atomic E-state index is 0.827. The van der Waals surface area contributed by atoms with Gasteiger partial charge >= 0.3 is 0 Å². The fourth-order valence-corrected chi connectivity index (χ4v) is 3.54. The number of halogens is 1. The minimum Gasteiger partial charge on any atom is -0.347 e. The van der Waals surface area contributed by atoms with E-state index in [9.17, 15) is 0 Å². The second kappa shape index (κ2) is 3.46. The Morgan fingerprint density at radius 2 is 2.27 bits per heavy atom. The molecule has 1 aliphatic heterocycles. The van der Waals surface area contributed by atoms with Gasteiger partial charge in [-0.15, -0.1) is 0 Å². The molecule has 1 aliphatic rings. The Hall–Kier alpha value is -0.600. The molecular formula is C12H12ClNS. The SMILES string of the molecule is Cn1c2c(c3ccc(Cl)cc31)CSCC2. The Balaban J connectivity index is 2.38. The monoisotopic (exact) mass is 237 g/mol. The molecule has 0 radical (unpaired) electrons. The molecule has 1 aromatic carbocycles. The first-order valence-electron chi connectivity index (χ1n) is 5.11. The predicted molar refractivity (Wildman–Crippen MR) is 67.8 cm³/mol. The van der Waals surface area contributed by atoms with E-state index in [4.69, 9.17) is 11.6 Å². The third-order valence-electron chi connectivity index (χ3n) is 3.13. The highest BCUT2D eigenvalue weighted by atomic mass is 35.5. The molecule has 0 amide bonds. The summed E-state index contributed by atoms with van der Waals surface area (Å²) in [5.74, 6) is 2.39. The van der Waals surface area contributed by atoms with Crippen molar-refractivity contribution >= 4 is 34.3 Å². The third kappa shape index (κ3) is 1.39. The van der Waals surface area contributed by atoms with Crippen LogP contribution in [0.3, 0.4) is 0 Å². The zero-order valence-electron chi connectivity index (χ0n) is 8.59. The summed E-state index contributed by atoms with van der Waals surface area (Å²) in [6, 6.07) is 6.21. The molecule has 1 nitrogen and oxygen atoms in total. The van der Waals surface area contributed by atoms with Crippen LogP contribution >= 0.6 is 23.4 Å². The van der Waals surface area contributed by atoms with Crippen molar-refractivity contribution in [2.24, 2.45) is 7.05 Å². The molecule has 1 aromatic heterocycles. The molecule has 0 saturated heterocycles. The molecule has 0 saturated carbocycles. The number of benzene rings is 1. The topological polar surface area (TPSA) is 4.93 Å². The molecular weight excluding hydrogens is 226 g/mol. The zero-order valence-corrected chi connectivity index (χ0v) is 10.2. The number of hydrogen-bond donors (Lipinski definition) is 0. The van der Waals surface area contributed by atoms with E-state index in [1.165, 1.54) is 34.3 Å². The lowest BCUT2D eigenvalue weighted by Gasteiger charge is -2.12.